The predicted molar refractivity (Wildman–Crippen MR) is 167 cm³/mol. The fraction of sp³-hybridized carbons (Fsp3) is 0.364. The molecule has 0 unspecified atom stereocenters. The SMILES string of the molecule is C#C.CCOc1cc(C(=O)Nc2cc(C(F)(F)F)ccn2)ccc1-c1nc([C@@H]2CCCN(C(=O)CC3CC3)C2)n2ccnc(N)c12. The maximum Gasteiger partial charge on any atom is 0.416 e. The number of amides is 2. The van der Waals surface area contributed by atoms with Crippen LogP contribution in [-0.4, -0.2) is 55.8 Å². The van der Waals surface area contributed by atoms with Crippen molar-refractivity contribution in [3.63, 3.8) is 0 Å². The van der Waals surface area contributed by atoms with Gasteiger partial charge < -0.3 is 20.7 Å². The lowest BCUT2D eigenvalue weighted by molar-refractivity contribution is -0.137. The molecule has 0 bridgehead atoms. The zero-order valence-electron chi connectivity index (χ0n) is 25.3. The summed E-state index contributed by atoms with van der Waals surface area (Å²) in [5.41, 5.74) is 7.28. The van der Waals surface area contributed by atoms with E-state index >= 15 is 0 Å². The normalized spacial score (nSPS) is 16.4. The van der Waals surface area contributed by atoms with Crippen LogP contribution in [0.3, 0.4) is 0 Å². The van der Waals surface area contributed by atoms with Crippen LogP contribution >= 0.6 is 0 Å². The fourth-order valence-corrected chi connectivity index (χ4v) is 5.67. The summed E-state index contributed by atoms with van der Waals surface area (Å²) in [6.45, 7) is 3.37. The Bertz CT molecular complexity index is 1760. The highest BCUT2D eigenvalue weighted by molar-refractivity contribution is 6.04. The van der Waals surface area contributed by atoms with E-state index in [9.17, 15) is 22.8 Å². The Labute approximate surface area is 264 Å². The molecule has 6 rings (SSSR count). The quantitative estimate of drug-likeness (QED) is 0.235. The number of carbonyl (C=O) groups is 2. The number of rotatable bonds is 8. The van der Waals surface area contributed by atoms with Crippen molar-refractivity contribution in [3.05, 3.63) is 65.9 Å². The summed E-state index contributed by atoms with van der Waals surface area (Å²) in [6, 6.07) is 6.33. The minimum atomic E-state index is -4.57. The molecule has 3 aromatic heterocycles. The van der Waals surface area contributed by atoms with Crippen molar-refractivity contribution in [1.29, 1.82) is 0 Å². The maximum absolute atomic E-state index is 13.1. The van der Waals surface area contributed by atoms with Crippen molar-refractivity contribution in [3.8, 4) is 29.9 Å². The number of pyridine rings is 1. The van der Waals surface area contributed by atoms with Gasteiger partial charge in [0.25, 0.3) is 5.91 Å². The lowest BCUT2D eigenvalue weighted by Gasteiger charge is -2.32. The molecule has 1 saturated carbocycles. The number of halogens is 3. The number of nitrogen functional groups attached to an aromatic ring is 1. The molecule has 1 atom stereocenters. The van der Waals surface area contributed by atoms with Gasteiger partial charge in [0, 0.05) is 55.1 Å². The average Bonchev–Trinajstić information content (AvgIpc) is 3.78. The molecule has 13 heteroatoms. The first-order chi connectivity index (χ1) is 22.1. The van der Waals surface area contributed by atoms with E-state index in [0.29, 0.717) is 41.4 Å². The van der Waals surface area contributed by atoms with Gasteiger partial charge >= 0.3 is 6.18 Å². The van der Waals surface area contributed by atoms with Gasteiger partial charge in [-0.2, -0.15) is 13.2 Å². The monoisotopic (exact) mass is 633 g/mol. The number of nitrogens with zero attached hydrogens (tertiary/aromatic N) is 5. The maximum atomic E-state index is 13.1. The van der Waals surface area contributed by atoms with Gasteiger partial charge in [-0.25, -0.2) is 15.0 Å². The Kier molecular flexibility index (Phi) is 9.46. The van der Waals surface area contributed by atoms with Crippen molar-refractivity contribution in [2.75, 3.05) is 30.7 Å². The van der Waals surface area contributed by atoms with Gasteiger partial charge in [-0.15, -0.1) is 12.8 Å². The van der Waals surface area contributed by atoms with Gasteiger partial charge in [0.2, 0.25) is 5.91 Å². The number of anilines is 2. The second-order valence-corrected chi connectivity index (χ2v) is 11.2. The number of nitrogens with one attached hydrogen (secondary N) is 1. The van der Waals surface area contributed by atoms with Crippen molar-refractivity contribution < 1.29 is 27.5 Å². The number of aromatic nitrogens is 4. The molecule has 0 spiro atoms. The van der Waals surface area contributed by atoms with Crippen LogP contribution in [0.5, 0.6) is 5.75 Å². The van der Waals surface area contributed by atoms with E-state index in [4.69, 9.17) is 15.5 Å². The Hall–Kier alpha value is -5.12. The third-order valence-electron chi connectivity index (χ3n) is 8.04. The first kappa shape index (κ1) is 32.3. The highest BCUT2D eigenvalue weighted by atomic mass is 19.4. The summed E-state index contributed by atoms with van der Waals surface area (Å²) >= 11 is 0. The zero-order valence-corrected chi connectivity index (χ0v) is 25.3. The van der Waals surface area contributed by atoms with Crippen LogP contribution in [0.4, 0.5) is 24.8 Å². The van der Waals surface area contributed by atoms with E-state index in [0.717, 1.165) is 56.4 Å². The average molecular weight is 634 g/mol. The molecular weight excluding hydrogens is 599 g/mol. The summed E-state index contributed by atoms with van der Waals surface area (Å²) in [5.74, 6) is 1.16. The van der Waals surface area contributed by atoms with E-state index in [1.165, 1.54) is 12.1 Å². The number of ether oxygens (including phenoxy) is 1. The molecule has 240 valence electrons. The topological polar surface area (TPSA) is 128 Å². The molecule has 1 aliphatic heterocycles. The molecule has 0 radical (unpaired) electrons. The Balaban J connectivity index is 0.00000204. The summed E-state index contributed by atoms with van der Waals surface area (Å²) in [6.07, 6.45) is 12.4. The van der Waals surface area contributed by atoms with Crippen molar-refractivity contribution in [1.82, 2.24) is 24.3 Å². The molecule has 1 aromatic carbocycles. The molecule has 46 heavy (non-hydrogen) atoms. The minimum Gasteiger partial charge on any atom is -0.493 e. The Morgan fingerprint density at radius 3 is 2.61 bits per heavy atom. The number of benzene rings is 1. The number of nitrogens with two attached hydrogens (primary N) is 1. The van der Waals surface area contributed by atoms with Crippen molar-refractivity contribution in [2.24, 2.45) is 5.92 Å². The van der Waals surface area contributed by atoms with Crippen LogP contribution in [0.15, 0.2) is 48.9 Å². The highest BCUT2D eigenvalue weighted by Crippen LogP contribution is 2.39. The Morgan fingerprint density at radius 2 is 1.89 bits per heavy atom. The van der Waals surface area contributed by atoms with E-state index in [1.807, 2.05) is 9.30 Å². The van der Waals surface area contributed by atoms with Gasteiger partial charge in [-0.05, 0) is 68.9 Å². The number of hydrogen-bond donors (Lipinski definition) is 2. The molecular formula is C33H34F3N7O3. The van der Waals surface area contributed by atoms with E-state index in [-0.39, 0.29) is 35.6 Å². The fourth-order valence-electron chi connectivity index (χ4n) is 5.67. The van der Waals surface area contributed by atoms with Crippen molar-refractivity contribution >= 4 is 29.0 Å². The van der Waals surface area contributed by atoms with Crippen LogP contribution < -0.4 is 15.8 Å². The van der Waals surface area contributed by atoms with Crippen LogP contribution in [0.2, 0.25) is 0 Å². The Morgan fingerprint density at radius 1 is 1.11 bits per heavy atom. The largest absolute Gasteiger partial charge is 0.493 e. The minimum absolute atomic E-state index is 0.0180. The van der Waals surface area contributed by atoms with Crippen LogP contribution in [-0.2, 0) is 11.0 Å². The van der Waals surface area contributed by atoms with Gasteiger partial charge in [0.05, 0.1) is 12.2 Å². The van der Waals surface area contributed by atoms with Gasteiger partial charge in [-0.1, -0.05) is 0 Å². The van der Waals surface area contributed by atoms with Crippen molar-refractivity contribution in [2.45, 2.75) is 51.1 Å². The summed E-state index contributed by atoms with van der Waals surface area (Å²) in [4.78, 5) is 41.1. The third kappa shape index (κ3) is 6.91. The lowest BCUT2D eigenvalue weighted by Crippen LogP contribution is -2.39. The number of carbonyl (C=O) groups excluding carboxylic acids is 2. The van der Waals surface area contributed by atoms with E-state index < -0.39 is 17.6 Å². The third-order valence-corrected chi connectivity index (χ3v) is 8.04. The summed E-state index contributed by atoms with van der Waals surface area (Å²) < 4.78 is 47.2. The smallest absolute Gasteiger partial charge is 0.416 e. The van der Waals surface area contributed by atoms with Crippen LogP contribution in [0.25, 0.3) is 16.8 Å². The summed E-state index contributed by atoms with van der Waals surface area (Å²) in [5, 5.41) is 2.43. The molecule has 1 aliphatic carbocycles. The zero-order chi connectivity index (χ0) is 33.0. The molecule has 2 fully saturated rings. The van der Waals surface area contributed by atoms with Gasteiger partial charge in [-0.3, -0.25) is 14.0 Å². The number of likely N-dealkylation sites (tertiary alicyclic amines) is 1. The molecule has 4 aromatic rings. The second-order valence-electron chi connectivity index (χ2n) is 11.2. The molecule has 10 nitrogen and oxygen atoms in total. The molecule has 3 N–H and O–H groups in total. The number of terminal acetylenes is 1. The number of alkyl halides is 3. The number of piperidine rings is 1. The number of hydrogen-bond acceptors (Lipinski definition) is 7. The predicted octanol–water partition coefficient (Wildman–Crippen LogP) is 5.80. The van der Waals surface area contributed by atoms with Crippen LogP contribution in [0.1, 0.15) is 66.7 Å². The first-order valence-electron chi connectivity index (χ1n) is 15.0. The molecule has 4 heterocycles. The standard InChI is InChI=1S/C31H32F3N7O3.C2H2/c1-2-44-23-15-19(30(43)38-24-16-21(9-10-36-24)31(32,33)34)7-8-22(23)26-27-28(35)37-11-13-41(27)29(39-26)20-4-3-12-40(17-20)25(42)14-18-5-6-18;1-2/h7-11,13,15-16,18,20H,2-6,12,14,17H2,1H3,(H2,35,37)(H,36,38,43);1-2H/t20-;/m1./s1. The summed E-state index contributed by atoms with van der Waals surface area (Å²) in [7, 11) is 0. The molecule has 2 amide bonds. The molecule has 2 aliphatic rings. The number of fused-ring (bicyclic) bond motifs is 1. The van der Waals surface area contributed by atoms with Crippen LogP contribution in [0, 0.1) is 18.8 Å². The van der Waals surface area contributed by atoms with E-state index in [1.54, 1.807) is 25.4 Å². The second kappa shape index (κ2) is 13.5. The first-order valence-corrected chi connectivity index (χ1v) is 15.0. The van der Waals surface area contributed by atoms with E-state index in [2.05, 4.69) is 28.1 Å². The van der Waals surface area contributed by atoms with Gasteiger partial charge in [0.15, 0.2) is 0 Å². The molecule has 1 saturated heterocycles. The highest BCUT2D eigenvalue weighted by Gasteiger charge is 2.33. The lowest BCUT2D eigenvalue weighted by atomic mass is 9.96. The number of imidazole rings is 1. The van der Waals surface area contributed by atoms with Gasteiger partial charge in [0.1, 0.15) is 34.4 Å².